The van der Waals surface area contributed by atoms with Crippen LogP contribution in [0.3, 0.4) is 0 Å². The molecule has 1 atom stereocenters. The minimum Gasteiger partial charge on any atom is -0.368 e. The predicted octanol–water partition coefficient (Wildman–Crippen LogP) is 5.90. The van der Waals surface area contributed by atoms with Crippen LogP contribution in [0.5, 0.6) is 0 Å². The lowest BCUT2D eigenvalue weighted by molar-refractivity contribution is -0.104. The van der Waals surface area contributed by atoms with Gasteiger partial charge < -0.3 is 9.80 Å². The van der Waals surface area contributed by atoms with Gasteiger partial charge in [0.1, 0.15) is 23.7 Å². The number of hydrogen-bond acceptors (Lipinski definition) is 8. The highest BCUT2D eigenvalue weighted by Crippen LogP contribution is 2.47. The standard InChI is InChI=1S/C38H38F4N10O2/c1-4-28(5-2)51-36(54)50(24-44-51)31-14-12-30(13-15-31)49-20-18-48(19-21-49)29-10-6-25(7-11-29)26-8-17-34(43-23-26)38(41,42)37(3,52-35(53)45-46-47-52)32-16-9-27(39)22-33(32)40/h6-17,22-24,28H,4-5,18-21H2,1-3H3,(H,45,47,53)/t37-/m1/s1. The lowest BCUT2D eigenvalue weighted by Crippen LogP contribution is -2.52. The summed E-state index contributed by atoms with van der Waals surface area (Å²) in [4.78, 5) is 34.0. The monoisotopic (exact) mass is 742 g/mol. The summed E-state index contributed by atoms with van der Waals surface area (Å²) in [6.45, 7) is 8.14. The van der Waals surface area contributed by atoms with Gasteiger partial charge in [0, 0.05) is 60.9 Å². The van der Waals surface area contributed by atoms with Gasteiger partial charge in [0.05, 0.1) is 11.7 Å². The molecule has 4 heterocycles. The minimum absolute atomic E-state index is 0.0736. The van der Waals surface area contributed by atoms with Gasteiger partial charge in [-0.25, -0.2) is 32.7 Å². The van der Waals surface area contributed by atoms with E-state index in [9.17, 15) is 18.4 Å². The molecule has 280 valence electrons. The molecule has 1 fully saturated rings. The van der Waals surface area contributed by atoms with Gasteiger partial charge >= 0.3 is 17.3 Å². The van der Waals surface area contributed by atoms with E-state index in [-0.39, 0.29) is 11.7 Å². The van der Waals surface area contributed by atoms with Crippen LogP contribution < -0.4 is 21.2 Å². The first-order valence-corrected chi connectivity index (χ1v) is 17.6. The average molecular weight is 743 g/mol. The molecule has 6 aromatic rings. The van der Waals surface area contributed by atoms with Gasteiger partial charge in [-0.2, -0.15) is 18.6 Å². The number of piperazine rings is 1. The van der Waals surface area contributed by atoms with Gasteiger partial charge in [0.25, 0.3) is 0 Å². The summed E-state index contributed by atoms with van der Waals surface area (Å²) < 4.78 is 65.0. The number of rotatable bonds is 11. The van der Waals surface area contributed by atoms with Crippen LogP contribution in [-0.4, -0.2) is 65.7 Å². The summed E-state index contributed by atoms with van der Waals surface area (Å²) in [5.74, 6) is -6.25. The first-order valence-electron chi connectivity index (χ1n) is 17.6. The Morgan fingerprint density at radius 1 is 0.796 bits per heavy atom. The van der Waals surface area contributed by atoms with E-state index < -0.39 is 40.0 Å². The molecule has 1 aliphatic heterocycles. The van der Waals surface area contributed by atoms with E-state index >= 15 is 8.78 Å². The van der Waals surface area contributed by atoms with Gasteiger partial charge in [-0.3, -0.25) is 4.98 Å². The molecule has 0 amide bonds. The normalized spacial score (nSPS) is 14.8. The summed E-state index contributed by atoms with van der Waals surface area (Å²) in [6, 6.07) is 20.4. The summed E-state index contributed by atoms with van der Waals surface area (Å²) in [6.07, 6.45) is 4.53. The molecule has 0 aliphatic carbocycles. The zero-order valence-electron chi connectivity index (χ0n) is 29.8. The van der Waals surface area contributed by atoms with Crippen LogP contribution in [0.25, 0.3) is 16.8 Å². The SMILES string of the molecule is CCC(CC)n1ncn(-c2ccc(N3CCN(c4ccc(-c5ccc(C(F)(F)[C@@](C)(c6ccc(F)cc6F)n6nn[nH]c6=O)nc5)cc4)CC3)cc2)c1=O. The number of halogens is 4. The molecule has 0 bridgehead atoms. The van der Waals surface area contributed by atoms with Crippen molar-refractivity contribution in [2.45, 2.75) is 51.1 Å². The molecular formula is C38H38F4N10O2. The second-order valence-corrected chi connectivity index (χ2v) is 13.4. The zero-order chi connectivity index (χ0) is 38.2. The summed E-state index contributed by atoms with van der Waals surface area (Å²) in [5.41, 5.74) is -1.29. The number of pyridine rings is 1. The smallest absolute Gasteiger partial charge is 0.362 e. The maximum absolute atomic E-state index is 16.4. The van der Waals surface area contributed by atoms with Crippen LogP contribution in [0, 0.1) is 11.6 Å². The lowest BCUT2D eigenvalue weighted by Gasteiger charge is -2.37. The Morgan fingerprint density at radius 2 is 1.39 bits per heavy atom. The molecule has 0 radical (unpaired) electrons. The van der Waals surface area contributed by atoms with E-state index in [0.29, 0.717) is 16.3 Å². The van der Waals surface area contributed by atoms with Crippen LogP contribution in [0.15, 0.2) is 101 Å². The third-order valence-electron chi connectivity index (χ3n) is 10.4. The number of aromatic nitrogens is 8. The van der Waals surface area contributed by atoms with Gasteiger partial charge in [0.15, 0.2) is 5.54 Å². The topological polar surface area (TPSA) is 123 Å². The van der Waals surface area contributed by atoms with Crippen molar-refractivity contribution in [1.82, 2.24) is 39.5 Å². The number of alkyl halides is 2. The lowest BCUT2D eigenvalue weighted by atomic mass is 9.83. The molecule has 0 saturated carbocycles. The van der Waals surface area contributed by atoms with Crippen LogP contribution >= 0.6 is 0 Å². The van der Waals surface area contributed by atoms with E-state index in [1.807, 2.05) is 67.5 Å². The average Bonchev–Trinajstić information content (AvgIpc) is 3.80. The van der Waals surface area contributed by atoms with Crippen molar-refractivity contribution >= 4 is 11.4 Å². The van der Waals surface area contributed by atoms with Crippen LogP contribution in [0.4, 0.5) is 28.9 Å². The maximum atomic E-state index is 16.4. The number of hydrogen-bond donors (Lipinski definition) is 1. The molecule has 16 heteroatoms. The Hall–Kier alpha value is -6.06. The Kier molecular flexibility index (Phi) is 9.68. The molecule has 0 spiro atoms. The number of H-pyrrole nitrogens is 1. The highest BCUT2D eigenvalue weighted by atomic mass is 19.3. The predicted molar refractivity (Wildman–Crippen MR) is 195 cm³/mol. The number of nitrogens with zero attached hydrogens (tertiary/aromatic N) is 9. The Bertz CT molecular complexity index is 2340. The van der Waals surface area contributed by atoms with E-state index in [1.54, 1.807) is 15.6 Å². The van der Waals surface area contributed by atoms with E-state index in [2.05, 4.69) is 30.3 Å². The molecule has 1 saturated heterocycles. The Balaban J connectivity index is 1.02. The van der Waals surface area contributed by atoms with E-state index in [1.165, 1.54) is 12.3 Å². The molecule has 12 nitrogen and oxygen atoms in total. The fraction of sp³-hybridized carbons (Fsp3) is 0.316. The van der Waals surface area contributed by atoms with Crippen LogP contribution in [0.2, 0.25) is 0 Å². The highest BCUT2D eigenvalue weighted by molar-refractivity contribution is 5.66. The molecule has 0 unspecified atom stereocenters. The van der Waals surface area contributed by atoms with Crippen molar-refractivity contribution in [1.29, 1.82) is 0 Å². The first kappa shape index (κ1) is 36.3. The molecule has 3 aromatic heterocycles. The number of anilines is 2. The van der Waals surface area contributed by atoms with Gasteiger partial charge in [-0.15, -0.1) is 0 Å². The molecular weight excluding hydrogens is 704 g/mol. The molecule has 1 aliphatic rings. The number of benzene rings is 3. The second kappa shape index (κ2) is 14.4. The number of tetrazole rings is 1. The maximum Gasteiger partial charge on any atom is 0.362 e. The number of nitrogens with one attached hydrogen (secondary N) is 1. The molecule has 1 N–H and O–H groups in total. The van der Waals surface area contributed by atoms with Gasteiger partial charge in [-0.1, -0.05) is 38.1 Å². The summed E-state index contributed by atoms with van der Waals surface area (Å²) in [7, 11) is 0. The minimum atomic E-state index is -4.00. The highest BCUT2D eigenvalue weighted by Gasteiger charge is 2.58. The first-order chi connectivity index (χ1) is 26.0. The van der Waals surface area contributed by atoms with Crippen molar-refractivity contribution < 1.29 is 17.6 Å². The van der Waals surface area contributed by atoms with Crippen molar-refractivity contribution in [3.05, 3.63) is 135 Å². The van der Waals surface area contributed by atoms with Crippen LogP contribution in [0.1, 0.15) is 50.9 Å². The third kappa shape index (κ3) is 6.34. The zero-order valence-corrected chi connectivity index (χ0v) is 29.8. The number of aromatic amines is 1. The molecule has 7 rings (SSSR count). The Morgan fingerprint density at radius 3 is 1.93 bits per heavy atom. The Labute approximate surface area is 307 Å². The summed E-state index contributed by atoms with van der Waals surface area (Å²) >= 11 is 0. The second-order valence-electron chi connectivity index (χ2n) is 13.4. The largest absolute Gasteiger partial charge is 0.368 e. The van der Waals surface area contributed by atoms with E-state index in [4.69, 9.17) is 0 Å². The quantitative estimate of drug-likeness (QED) is 0.163. The fourth-order valence-corrected chi connectivity index (χ4v) is 7.08. The molecule has 3 aromatic carbocycles. The van der Waals surface area contributed by atoms with E-state index in [0.717, 1.165) is 86.8 Å². The molecule has 54 heavy (non-hydrogen) atoms. The fourth-order valence-electron chi connectivity index (χ4n) is 7.08. The third-order valence-corrected chi connectivity index (χ3v) is 10.4. The van der Waals surface area contributed by atoms with Crippen molar-refractivity contribution in [2.75, 3.05) is 36.0 Å². The van der Waals surface area contributed by atoms with Crippen molar-refractivity contribution in [3.8, 4) is 16.8 Å². The van der Waals surface area contributed by atoms with Gasteiger partial charge in [0.2, 0.25) is 0 Å². The van der Waals surface area contributed by atoms with Crippen molar-refractivity contribution in [3.63, 3.8) is 0 Å². The summed E-state index contributed by atoms with van der Waals surface area (Å²) in [5, 5.41) is 13.1. The van der Waals surface area contributed by atoms with Crippen molar-refractivity contribution in [2.24, 2.45) is 0 Å². The van der Waals surface area contributed by atoms with Gasteiger partial charge in [-0.05, 0) is 84.3 Å². The van der Waals surface area contributed by atoms with Crippen LogP contribution in [-0.2, 0) is 11.5 Å².